The quantitative estimate of drug-likeness (QED) is 0.370. The van der Waals surface area contributed by atoms with Crippen molar-refractivity contribution in [3.05, 3.63) is 89.5 Å². The van der Waals surface area contributed by atoms with Gasteiger partial charge >= 0.3 is 0 Å². The molecular formula is C25H23ClN6O. The molecule has 0 atom stereocenters. The summed E-state index contributed by atoms with van der Waals surface area (Å²) in [6.07, 6.45) is 2.68. The molecule has 5 rings (SSSR count). The van der Waals surface area contributed by atoms with Crippen LogP contribution in [0.4, 0.5) is 5.69 Å². The van der Waals surface area contributed by atoms with Crippen LogP contribution >= 0.6 is 11.6 Å². The number of aromatic nitrogens is 4. The third-order valence-electron chi connectivity index (χ3n) is 5.58. The summed E-state index contributed by atoms with van der Waals surface area (Å²) in [5, 5.41) is 3.58. The minimum atomic E-state index is -0.292. The van der Waals surface area contributed by atoms with Gasteiger partial charge in [0.25, 0.3) is 5.91 Å². The maximum atomic E-state index is 13.3. The molecule has 166 valence electrons. The molecule has 0 saturated carbocycles. The highest BCUT2D eigenvalue weighted by atomic mass is 35.5. The molecule has 0 bridgehead atoms. The standard InChI is InChI=1S/C25H23ClN6O/c26-18-7-9-20-23(13-18)32(15-17-5-2-1-3-6-17)24(30-20)25(33)29-19-8-10-22-21(14-19)28-16-31(22)12-4-11-27/h1-3,5-10,13-14,16H,4,11-12,15,27H2,(H,29,33). The molecule has 2 heterocycles. The first-order valence-corrected chi connectivity index (χ1v) is 11.2. The number of fused-ring (bicyclic) bond motifs is 2. The first kappa shape index (κ1) is 21.2. The van der Waals surface area contributed by atoms with Crippen LogP contribution in [0.25, 0.3) is 22.1 Å². The summed E-state index contributed by atoms with van der Waals surface area (Å²) in [4.78, 5) is 22.4. The van der Waals surface area contributed by atoms with E-state index < -0.39 is 0 Å². The van der Waals surface area contributed by atoms with Crippen LogP contribution in [0.3, 0.4) is 0 Å². The molecule has 0 unspecified atom stereocenters. The molecule has 3 N–H and O–H groups in total. The number of hydrogen-bond donors (Lipinski definition) is 2. The third kappa shape index (κ3) is 4.33. The number of nitrogens with two attached hydrogens (primary N) is 1. The van der Waals surface area contributed by atoms with Crippen LogP contribution in [0.5, 0.6) is 0 Å². The Morgan fingerprint density at radius 3 is 2.67 bits per heavy atom. The summed E-state index contributed by atoms with van der Waals surface area (Å²) >= 11 is 6.24. The topological polar surface area (TPSA) is 90.8 Å². The zero-order chi connectivity index (χ0) is 22.8. The van der Waals surface area contributed by atoms with E-state index in [2.05, 4.69) is 19.9 Å². The maximum Gasteiger partial charge on any atom is 0.291 e. The van der Waals surface area contributed by atoms with E-state index in [0.29, 0.717) is 29.6 Å². The predicted molar refractivity (Wildman–Crippen MR) is 132 cm³/mol. The predicted octanol–water partition coefficient (Wildman–Crippen LogP) is 4.69. The van der Waals surface area contributed by atoms with E-state index in [-0.39, 0.29) is 5.91 Å². The second-order valence-electron chi connectivity index (χ2n) is 7.88. The van der Waals surface area contributed by atoms with Gasteiger partial charge in [0.15, 0.2) is 0 Å². The van der Waals surface area contributed by atoms with Crippen LogP contribution in [0.1, 0.15) is 22.6 Å². The Morgan fingerprint density at radius 2 is 1.85 bits per heavy atom. The van der Waals surface area contributed by atoms with E-state index in [1.807, 2.05) is 65.2 Å². The summed E-state index contributed by atoms with van der Waals surface area (Å²) < 4.78 is 3.96. The highest BCUT2D eigenvalue weighted by Gasteiger charge is 2.19. The van der Waals surface area contributed by atoms with Gasteiger partial charge in [-0.1, -0.05) is 41.9 Å². The Bertz CT molecular complexity index is 1440. The van der Waals surface area contributed by atoms with Crippen molar-refractivity contribution in [2.75, 3.05) is 11.9 Å². The van der Waals surface area contributed by atoms with Crippen molar-refractivity contribution in [1.29, 1.82) is 0 Å². The number of amides is 1. The van der Waals surface area contributed by atoms with Crippen molar-refractivity contribution in [3.63, 3.8) is 0 Å². The van der Waals surface area contributed by atoms with Crippen molar-refractivity contribution < 1.29 is 4.79 Å². The number of nitrogens with one attached hydrogen (secondary N) is 1. The lowest BCUT2D eigenvalue weighted by Gasteiger charge is -2.10. The molecule has 0 aliphatic rings. The molecule has 2 aromatic heterocycles. The summed E-state index contributed by atoms with van der Waals surface area (Å²) in [5.41, 5.74) is 10.7. The van der Waals surface area contributed by atoms with Crippen molar-refractivity contribution >= 4 is 45.3 Å². The highest BCUT2D eigenvalue weighted by molar-refractivity contribution is 6.31. The van der Waals surface area contributed by atoms with Gasteiger partial charge in [-0.05, 0) is 54.9 Å². The average molecular weight is 459 g/mol. The molecule has 0 aliphatic carbocycles. The Kier molecular flexibility index (Phi) is 5.81. The van der Waals surface area contributed by atoms with Crippen molar-refractivity contribution in [1.82, 2.24) is 19.1 Å². The SMILES string of the molecule is NCCCn1cnc2cc(NC(=O)c3nc4ccc(Cl)cc4n3Cc3ccccc3)ccc21. The lowest BCUT2D eigenvalue weighted by molar-refractivity contribution is 0.101. The van der Waals surface area contributed by atoms with E-state index in [1.165, 1.54) is 0 Å². The van der Waals surface area contributed by atoms with Crippen LogP contribution in [0, 0.1) is 0 Å². The van der Waals surface area contributed by atoms with E-state index >= 15 is 0 Å². The number of carbonyl (C=O) groups is 1. The van der Waals surface area contributed by atoms with Gasteiger partial charge < -0.3 is 20.2 Å². The Balaban J connectivity index is 1.47. The lowest BCUT2D eigenvalue weighted by atomic mass is 10.2. The van der Waals surface area contributed by atoms with Gasteiger partial charge in [0.05, 0.1) is 28.4 Å². The van der Waals surface area contributed by atoms with Gasteiger partial charge in [-0.15, -0.1) is 0 Å². The molecular weight excluding hydrogens is 436 g/mol. The lowest BCUT2D eigenvalue weighted by Crippen LogP contribution is -2.18. The molecule has 7 nitrogen and oxygen atoms in total. The number of hydrogen-bond acceptors (Lipinski definition) is 4. The molecule has 5 aromatic rings. The first-order valence-electron chi connectivity index (χ1n) is 10.8. The van der Waals surface area contributed by atoms with Gasteiger partial charge in [0.2, 0.25) is 5.82 Å². The largest absolute Gasteiger partial charge is 0.331 e. The highest BCUT2D eigenvalue weighted by Crippen LogP contribution is 2.24. The smallest absolute Gasteiger partial charge is 0.291 e. The van der Waals surface area contributed by atoms with E-state index in [4.69, 9.17) is 17.3 Å². The minimum Gasteiger partial charge on any atom is -0.331 e. The molecule has 0 aliphatic heterocycles. The van der Waals surface area contributed by atoms with E-state index in [0.717, 1.165) is 40.6 Å². The zero-order valence-corrected chi connectivity index (χ0v) is 18.7. The average Bonchev–Trinajstić information content (AvgIpc) is 3.39. The van der Waals surface area contributed by atoms with Gasteiger partial charge in [0.1, 0.15) is 0 Å². The van der Waals surface area contributed by atoms with Gasteiger partial charge in [-0.2, -0.15) is 0 Å². The first-order chi connectivity index (χ1) is 16.1. The molecule has 8 heteroatoms. The number of imidazole rings is 2. The van der Waals surface area contributed by atoms with Crippen molar-refractivity contribution in [2.45, 2.75) is 19.5 Å². The molecule has 0 radical (unpaired) electrons. The van der Waals surface area contributed by atoms with Gasteiger partial charge in [-0.25, -0.2) is 9.97 Å². The zero-order valence-electron chi connectivity index (χ0n) is 17.9. The van der Waals surface area contributed by atoms with Crippen LogP contribution < -0.4 is 11.1 Å². The third-order valence-corrected chi connectivity index (χ3v) is 5.81. The fourth-order valence-corrected chi connectivity index (χ4v) is 4.13. The number of benzene rings is 3. The van der Waals surface area contributed by atoms with Crippen molar-refractivity contribution in [2.24, 2.45) is 5.73 Å². The summed E-state index contributed by atoms with van der Waals surface area (Å²) in [7, 11) is 0. The summed E-state index contributed by atoms with van der Waals surface area (Å²) in [5.74, 6) is 0.0323. The fraction of sp³-hybridized carbons (Fsp3) is 0.160. The number of rotatable bonds is 7. The second-order valence-corrected chi connectivity index (χ2v) is 8.31. The Labute approximate surface area is 195 Å². The minimum absolute atomic E-state index is 0.292. The van der Waals surface area contributed by atoms with Crippen LogP contribution in [-0.2, 0) is 13.1 Å². The molecule has 3 aromatic carbocycles. The number of carbonyl (C=O) groups excluding carboxylic acids is 1. The van der Waals surface area contributed by atoms with Crippen LogP contribution in [0.15, 0.2) is 73.1 Å². The molecule has 0 saturated heterocycles. The summed E-state index contributed by atoms with van der Waals surface area (Å²) in [6, 6.07) is 21.1. The van der Waals surface area contributed by atoms with Crippen LogP contribution in [0.2, 0.25) is 5.02 Å². The normalized spacial score (nSPS) is 11.3. The van der Waals surface area contributed by atoms with E-state index in [9.17, 15) is 4.79 Å². The maximum absolute atomic E-state index is 13.3. The van der Waals surface area contributed by atoms with E-state index in [1.54, 1.807) is 12.4 Å². The fourth-order valence-electron chi connectivity index (χ4n) is 3.96. The Morgan fingerprint density at radius 1 is 1.00 bits per heavy atom. The van der Waals surface area contributed by atoms with Crippen LogP contribution in [-0.4, -0.2) is 31.6 Å². The molecule has 1 amide bonds. The molecule has 0 spiro atoms. The Hall–Kier alpha value is -3.68. The number of halogens is 1. The number of anilines is 1. The van der Waals surface area contributed by atoms with Crippen molar-refractivity contribution in [3.8, 4) is 0 Å². The van der Waals surface area contributed by atoms with Gasteiger partial charge in [0, 0.05) is 23.8 Å². The summed E-state index contributed by atoms with van der Waals surface area (Å²) in [6.45, 7) is 1.94. The number of nitrogens with zero attached hydrogens (tertiary/aromatic N) is 4. The number of aryl methyl sites for hydroxylation is 1. The monoisotopic (exact) mass is 458 g/mol. The molecule has 33 heavy (non-hydrogen) atoms. The van der Waals surface area contributed by atoms with Gasteiger partial charge in [-0.3, -0.25) is 4.79 Å². The molecule has 0 fully saturated rings. The second kappa shape index (κ2) is 9.05.